The van der Waals surface area contributed by atoms with Crippen LogP contribution in [0.3, 0.4) is 0 Å². The Bertz CT molecular complexity index is 95.6. The average molecular weight is 192 g/mol. The fourth-order valence-corrected chi connectivity index (χ4v) is 0. The van der Waals surface area contributed by atoms with Crippen molar-refractivity contribution in [3.8, 4) is 0 Å². The van der Waals surface area contributed by atoms with Crippen LogP contribution in [0.15, 0.2) is 0 Å². The van der Waals surface area contributed by atoms with Gasteiger partial charge in [0.2, 0.25) is 0 Å². The molecule has 0 fully saturated rings. The van der Waals surface area contributed by atoms with E-state index in [1.807, 2.05) is 0 Å². The van der Waals surface area contributed by atoms with Crippen LogP contribution in [0.4, 0.5) is 0 Å². The SMILES string of the molecule is O.O=S(=O)([O-])[O-].[Cu+2].[N]. The van der Waals surface area contributed by atoms with E-state index in [1.54, 1.807) is 0 Å². The summed E-state index contributed by atoms with van der Waals surface area (Å²) in [5.41, 5.74) is 0. The third-order valence-corrected chi connectivity index (χ3v) is 0. The van der Waals surface area contributed by atoms with Gasteiger partial charge in [-0.1, -0.05) is 0 Å². The Hall–Kier alpha value is 0.309. The molecule has 0 saturated carbocycles. The Labute approximate surface area is 57.2 Å². The molecule has 0 aromatic rings. The molecule has 0 aliphatic rings. The molecule has 0 unspecified atom stereocenters. The van der Waals surface area contributed by atoms with E-state index < -0.39 is 10.4 Å². The summed E-state index contributed by atoms with van der Waals surface area (Å²) in [6.07, 6.45) is 0. The first-order valence-electron chi connectivity index (χ1n) is 0.667. The van der Waals surface area contributed by atoms with E-state index in [4.69, 9.17) is 17.5 Å². The van der Waals surface area contributed by atoms with Gasteiger partial charge in [0.15, 0.2) is 0 Å². The first kappa shape index (κ1) is 23.9. The first-order valence-corrected chi connectivity index (χ1v) is 2.00. The first-order chi connectivity index (χ1) is 2.00. The smallest absolute Gasteiger partial charge is 0.759 e. The van der Waals surface area contributed by atoms with Crippen LogP contribution in [0.5, 0.6) is 0 Å². The monoisotopic (exact) mass is 191 g/mol. The third-order valence-electron chi connectivity index (χ3n) is 0. The Morgan fingerprint density at radius 1 is 1.12 bits per heavy atom. The Kier molecular flexibility index (Phi) is 21.8. The predicted octanol–water partition coefficient (Wildman–Crippen LogP) is -2.65. The summed E-state index contributed by atoms with van der Waals surface area (Å²) in [5.74, 6) is 0. The fraction of sp³-hybridized carbons (Fsp3) is 0. The summed E-state index contributed by atoms with van der Waals surface area (Å²) < 4.78 is 34.1. The third kappa shape index (κ3) is 1860. The van der Waals surface area contributed by atoms with E-state index in [1.165, 1.54) is 0 Å². The second kappa shape index (κ2) is 7.31. The Balaban J connectivity index is -0.0000000267. The molecule has 0 aliphatic carbocycles. The van der Waals surface area contributed by atoms with E-state index in [9.17, 15) is 0 Å². The van der Waals surface area contributed by atoms with Crippen LogP contribution in [-0.2, 0) is 27.5 Å². The molecule has 0 spiro atoms. The predicted molar refractivity (Wildman–Crippen MR) is 16.2 cm³/mol. The molecule has 6 nitrogen and oxygen atoms in total. The maximum atomic E-state index is 8.52. The van der Waals surface area contributed by atoms with Crippen LogP contribution in [-0.4, -0.2) is 23.0 Å². The molecule has 54 valence electrons. The van der Waals surface area contributed by atoms with Crippen LogP contribution >= 0.6 is 0 Å². The minimum absolute atomic E-state index is 0. The summed E-state index contributed by atoms with van der Waals surface area (Å²) in [4.78, 5) is 0. The van der Waals surface area contributed by atoms with Gasteiger partial charge in [-0.25, -0.2) is 0 Å². The molecule has 2 N–H and O–H groups in total. The van der Waals surface area contributed by atoms with Gasteiger partial charge in [-0.3, -0.25) is 8.42 Å². The van der Waals surface area contributed by atoms with Gasteiger partial charge >= 0.3 is 17.1 Å². The minimum atomic E-state index is -5.17. The zero-order chi connectivity index (χ0) is 4.50. The number of rotatable bonds is 0. The summed E-state index contributed by atoms with van der Waals surface area (Å²) in [6, 6.07) is 0. The van der Waals surface area contributed by atoms with Crippen molar-refractivity contribution in [1.82, 2.24) is 6.15 Å². The van der Waals surface area contributed by atoms with Gasteiger partial charge in [0.05, 0.1) is 0 Å². The minimum Gasteiger partial charge on any atom is -0.759 e. The molecular formula is H2CuNO5S. The van der Waals surface area contributed by atoms with Gasteiger partial charge in [0, 0.05) is 16.5 Å². The van der Waals surface area contributed by atoms with E-state index in [2.05, 4.69) is 0 Å². The van der Waals surface area contributed by atoms with E-state index in [0.717, 1.165) is 0 Å². The van der Waals surface area contributed by atoms with Gasteiger partial charge < -0.3 is 14.6 Å². The number of nitrogens with zero attached hydrogens (tertiary/aromatic N) is 1. The van der Waals surface area contributed by atoms with Crippen molar-refractivity contribution in [1.29, 1.82) is 0 Å². The van der Waals surface area contributed by atoms with Gasteiger partial charge in [-0.2, -0.15) is 0 Å². The number of hydrogen-bond donors (Lipinski definition) is 0. The quantitative estimate of drug-likeness (QED) is 0.234. The molecule has 4 radical (unpaired) electrons. The molecule has 0 heterocycles. The molecule has 0 atom stereocenters. The van der Waals surface area contributed by atoms with Gasteiger partial charge in [0.25, 0.3) is 0 Å². The van der Waals surface area contributed by atoms with Gasteiger partial charge in [-0.05, 0) is 0 Å². The zero-order valence-corrected chi connectivity index (χ0v) is 5.05. The topological polar surface area (TPSA) is 142 Å². The molecule has 0 aromatic carbocycles. The second-order valence-electron chi connectivity index (χ2n) is 0.408. The van der Waals surface area contributed by atoms with Crippen LogP contribution in [0.2, 0.25) is 0 Å². The maximum absolute atomic E-state index is 8.52. The van der Waals surface area contributed by atoms with Crippen molar-refractivity contribution in [2.45, 2.75) is 0 Å². The van der Waals surface area contributed by atoms with Crippen molar-refractivity contribution in [2.24, 2.45) is 0 Å². The van der Waals surface area contributed by atoms with Crippen molar-refractivity contribution in [3.63, 3.8) is 0 Å². The summed E-state index contributed by atoms with van der Waals surface area (Å²) in [5, 5.41) is 0. The second-order valence-corrected chi connectivity index (χ2v) is 1.22. The van der Waals surface area contributed by atoms with Crippen molar-refractivity contribution >= 4 is 10.4 Å². The average Bonchev–Trinajstić information content (AvgIpc) is 0.722. The van der Waals surface area contributed by atoms with Gasteiger partial charge in [-0.15, -0.1) is 0 Å². The normalized spacial score (nSPS) is 7.25. The van der Waals surface area contributed by atoms with Crippen LogP contribution in [0.1, 0.15) is 0 Å². The Morgan fingerprint density at radius 2 is 1.12 bits per heavy atom. The van der Waals surface area contributed by atoms with Crippen molar-refractivity contribution in [3.05, 3.63) is 0 Å². The van der Waals surface area contributed by atoms with Crippen LogP contribution < -0.4 is 6.15 Å². The molecule has 0 amide bonds. The zero-order valence-electron chi connectivity index (χ0n) is 3.29. The summed E-state index contributed by atoms with van der Waals surface area (Å²) in [6.45, 7) is 0. The van der Waals surface area contributed by atoms with E-state index in [0.29, 0.717) is 0 Å². The Morgan fingerprint density at radius 3 is 1.12 bits per heavy atom. The molecule has 0 saturated heterocycles. The molecule has 8 heteroatoms. The number of hydrogen-bond acceptors (Lipinski definition) is 4. The van der Waals surface area contributed by atoms with Crippen molar-refractivity contribution < 1.29 is 40.1 Å². The van der Waals surface area contributed by atoms with Crippen molar-refractivity contribution in [2.75, 3.05) is 0 Å². The molecule has 0 aliphatic heterocycles. The molecule has 0 aromatic heterocycles. The molecule has 0 rings (SSSR count). The molecule has 0 bridgehead atoms. The fourth-order valence-electron chi connectivity index (χ4n) is 0. The largest absolute Gasteiger partial charge is 2.00 e. The van der Waals surface area contributed by atoms with E-state index >= 15 is 0 Å². The van der Waals surface area contributed by atoms with Crippen LogP contribution in [0.25, 0.3) is 0 Å². The summed E-state index contributed by atoms with van der Waals surface area (Å²) >= 11 is 0. The maximum Gasteiger partial charge on any atom is 2.00 e. The molecule has 8 heavy (non-hydrogen) atoms. The standard InChI is InChI=1S/Cu.N.H2O4S.H2O/c;;1-5(2,3)4;/h;;(H2,1,2,3,4);1H2/q+2;;;/p-2. The van der Waals surface area contributed by atoms with Gasteiger partial charge in [0.1, 0.15) is 0 Å². The van der Waals surface area contributed by atoms with E-state index in [-0.39, 0.29) is 28.7 Å². The molecular weight excluding hydrogens is 190 g/mol. The van der Waals surface area contributed by atoms with Crippen LogP contribution in [0, 0.1) is 0 Å². The summed E-state index contributed by atoms with van der Waals surface area (Å²) in [7, 11) is -5.17.